The molecule has 0 radical (unpaired) electrons. The fourth-order valence-electron chi connectivity index (χ4n) is 2.86. The first kappa shape index (κ1) is 14.6. The van der Waals surface area contributed by atoms with E-state index >= 15 is 0 Å². The van der Waals surface area contributed by atoms with Gasteiger partial charge in [-0.3, -0.25) is 9.69 Å². The smallest absolute Gasteiger partial charge is 0.270 e. The SMILES string of the molecule is CCN(CC)C1CCN(C(=O)c2cc(Br)cn2C)C1. The molecule has 19 heavy (non-hydrogen) atoms. The number of aryl methyl sites for hydroxylation is 1. The molecule has 1 unspecified atom stereocenters. The van der Waals surface area contributed by atoms with Crippen molar-refractivity contribution >= 4 is 21.8 Å². The molecular weight excluding hydrogens is 306 g/mol. The summed E-state index contributed by atoms with van der Waals surface area (Å²) >= 11 is 3.42. The molecule has 1 fully saturated rings. The zero-order valence-electron chi connectivity index (χ0n) is 11.9. The van der Waals surface area contributed by atoms with Gasteiger partial charge < -0.3 is 9.47 Å². The molecule has 1 amide bonds. The predicted molar refractivity (Wildman–Crippen MR) is 80.3 cm³/mol. The number of carbonyl (C=O) groups is 1. The number of hydrogen-bond donors (Lipinski definition) is 0. The number of hydrogen-bond acceptors (Lipinski definition) is 2. The number of halogens is 1. The fraction of sp³-hybridized carbons (Fsp3) is 0.643. The quantitative estimate of drug-likeness (QED) is 0.849. The molecule has 4 nitrogen and oxygen atoms in total. The Hall–Kier alpha value is -0.810. The molecule has 0 spiro atoms. The molecule has 2 heterocycles. The Labute approximate surface area is 123 Å². The molecule has 1 atom stereocenters. The van der Waals surface area contributed by atoms with E-state index in [1.54, 1.807) is 0 Å². The van der Waals surface area contributed by atoms with E-state index in [0.29, 0.717) is 6.04 Å². The van der Waals surface area contributed by atoms with Crippen LogP contribution in [0, 0.1) is 0 Å². The van der Waals surface area contributed by atoms with Gasteiger partial charge in [0.2, 0.25) is 0 Å². The van der Waals surface area contributed by atoms with Gasteiger partial charge in [0, 0.05) is 36.8 Å². The lowest BCUT2D eigenvalue weighted by Crippen LogP contribution is -2.38. The maximum atomic E-state index is 12.5. The molecule has 0 aromatic carbocycles. The van der Waals surface area contributed by atoms with E-state index in [1.165, 1.54) is 0 Å². The minimum Gasteiger partial charge on any atom is -0.345 e. The Morgan fingerprint density at radius 3 is 2.68 bits per heavy atom. The number of carbonyl (C=O) groups excluding carboxylic acids is 1. The molecule has 5 heteroatoms. The number of likely N-dealkylation sites (N-methyl/N-ethyl adjacent to an activating group) is 1. The summed E-state index contributed by atoms with van der Waals surface area (Å²) in [6.45, 7) is 8.19. The van der Waals surface area contributed by atoms with Crippen molar-refractivity contribution < 1.29 is 4.79 Å². The van der Waals surface area contributed by atoms with Gasteiger partial charge in [0.25, 0.3) is 5.91 Å². The van der Waals surface area contributed by atoms with Crippen molar-refractivity contribution in [1.82, 2.24) is 14.4 Å². The molecule has 1 aliphatic rings. The van der Waals surface area contributed by atoms with E-state index in [9.17, 15) is 4.79 Å². The highest BCUT2D eigenvalue weighted by molar-refractivity contribution is 9.10. The first-order valence-corrected chi connectivity index (χ1v) is 7.71. The monoisotopic (exact) mass is 327 g/mol. The van der Waals surface area contributed by atoms with Crippen molar-refractivity contribution in [2.75, 3.05) is 26.2 Å². The van der Waals surface area contributed by atoms with Crippen LogP contribution in [0.2, 0.25) is 0 Å². The van der Waals surface area contributed by atoms with Gasteiger partial charge in [0.1, 0.15) is 5.69 Å². The van der Waals surface area contributed by atoms with Crippen molar-refractivity contribution in [3.8, 4) is 0 Å². The van der Waals surface area contributed by atoms with Gasteiger partial charge >= 0.3 is 0 Å². The Morgan fingerprint density at radius 1 is 1.47 bits per heavy atom. The van der Waals surface area contributed by atoms with Gasteiger partial charge in [-0.05, 0) is 41.5 Å². The van der Waals surface area contributed by atoms with Crippen LogP contribution >= 0.6 is 15.9 Å². The molecule has 0 N–H and O–H groups in total. The number of amides is 1. The van der Waals surface area contributed by atoms with Gasteiger partial charge in [-0.2, -0.15) is 0 Å². The van der Waals surface area contributed by atoms with Crippen LogP contribution in [-0.4, -0.2) is 52.5 Å². The average molecular weight is 328 g/mol. The van der Waals surface area contributed by atoms with E-state index < -0.39 is 0 Å². The van der Waals surface area contributed by atoms with Crippen LogP contribution in [0.1, 0.15) is 30.8 Å². The van der Waals surface area contributed by atoms with Crippen molar-refractivity contribution in [2.24, 2.45) is 7.05 Å². The second-order valence-corrected chi connectivity index (χ2v) is 5.99. The number of aromatic nitrogens is 1. The molecule has 106 valence electrons. The molecule has 0 saturated carbocycles. The third kappa shape index (κ3) is 3.03. The molecule has 1 aliphatic heterocycles. The van der Waals surface area contributed by atoms with Crippen molar-refractivity contribution in [2.45, 2.75) is 26.3 Å². The van der Waals surface area contributed by atoms with E-state index in [4.69, 9.17) is 0 Å². The molecule has 2 rings (SSSR count). The Bertz CT molecular complexity index is 454. The van der Waals surface area contributed by atoms with Gasteiger partial charge in [-0.1, -0.05) is 13.8 Å². The topological polar surface area (TPSA) is 28.5 Å². The highest BCUT2D eigenvalue weighted by Crippen LogP contribution is 2.20. The highest BCUT2D eigenvalue weighted by atomic mass is 79.9. The van der Waals surface area contributed by atoms with Crippen molar-refractivity contribution in [1.29, 1.82) is 0 Å². The molecule has 1 saturated heterocycles. The zero-order chi connectivity index (χ0) is 14.0. The standard InChI is InChI=1S/C14H22BrN3O/c1-4-17(5-2)12-6-7-18(10-12)14(19)13-8-11(15)9-16(13)3/h8-9,12H,4-7,10H2,1-3H3. The third-order valence-corrected chi connectivity index (χ3v) is 4.40. The molecule has 0 aliphatic carbocycles. The fourth-order valence-corrected chi connectivity index (χ4v) is 3.39. The van der Waals surface area contributed by atoms with Crippen LogP contribution in [0.15, 0.2) is 16.7 Å². The summed E-state index contributed by atoms with van der Waals surface area (Å²) in [5.41, 5.74) is 0.757. The Kier molecular flexibility index (Phi) is 4.68. The molecule has 1 aromatic rings. The van der Waals surface area contributed by atoms with Crippen molar-refractivity contribution in [3.05, 3.63) is 22.4 Å². The lowest BCUT2D eigenvalue weighted by molar-refractivity contribution is 0.0768. The van der Waals surface area contributed by atoms with Crippen LogP contribution in [0.25, 0.3) is 0 Å². The predicted octanol–water partition coefficient (Wildman–Crippen LogP) is 2.34. The van der Waals surface area contributed by atoms with Crippen molar-refractivity contribution in [3.63, 3.8) is 0 Å². The van der Waals surface area contributed by atoms with E-state index in [0.717, 1.165) is 42.8 Å². The average Bonchev–Trinajstić information content (AvgIpc) is 2.97. The first-order valence-electron chi connectivity index (χ1n) is 6.92. The summed E-state index contributed by atoms with van der Waals surface area (Å²) in [4.78, 5) is 16.9. The summed E-state index contributed by atoms with van der Waals surface area (Å²) in [5, 5.41) is 0. The normalized spacial score (nSPS) is 19.4. The third-order valence-electron chi connectivity index (χ3n) is 3.97. The summed E-state index contributed by atoms with van der Waals surface area (Å²) < 4.78 is 2.84. The number of likely N-dealkylation sites (tertiary alicyclic amines) is 1. The van der Waals surface area contributed by atoms with Crippen LogP contribution < -0.4 is 0 Å². The number of nitrogens with zero attached hydrogens (tertiary/aromatic N) is 3. The minimum absolute atomic E-state index is 0.142. The summed E-state index contributed by atoms with van der Waals surface area (Å²) in [5.74, 6) is 0.142. The summed E-state index contributed by atoms with van der Waals surface area (Å²) in [7, 11) is 1.91. The van der Waals surface area contributed by atoms with Crippen LogP contribution in [0.3, 0.4) is 0 Å². The van der Waals surface area contributed by atoms with Crippen LogP contribution in [-0.2, 0) is 7.05 Å². The summed E-state index contributed by atoms with van der Waals surface area (Å²) in [6, 6.07) is 2.41. The second kappa shape index (κ2) is 6.09. The molecular formula is C14H22BrN3O. The zero-order valence-corrected chi connectivity index (χ0v) is 13.5. The first-order chi connectivity index (χ1) is 9.06. The highest BCUT2D eigenvalue weighted by Gasteiger charge is 2.30. The summed E-state index contributed by atoms with van der Waals surface area (Å²) in [6.07, 6.45) is 3.00. The van der Waals surface area contributed by atoms with Crippen LogP contribution in [0.4, 0.5) is 0 Å². The molecule has 1 aromatic heterocycles. The van der Waals surface area contributed by atoms with E-state index in [2.05, 4.69) is 34.7 Å². The van der Waals surface area contributed by atoms with Gasteiger partial charge in [-0.15, -0.1) is 0 Å². The lowest BCUT2D eigenvalue weighted by atomic mass is 10.2. The number of rotatable bonds is 4. The largest absolute Gasteiger partial charge is 0.345 e. The van der Waals surface area contributed by atoms with E-state index in [1.807, 2.05) is 28.8 Å². The Balaban J connectivity index is 2.04. The van der Waals surface area contributed by atoms with Crippen LogP contribution in [0.5, 0.6) is 0 Å². The maximum absolute atomic E-state index is 12.5. The Morgan fingerprint density at radius 2 is 2.16 bits per heavy atom. The lowest BCUT2D eigenvalue weighted by Gasteiger charge is -2.26. The van der Waals surface area contributed by atoms with Gasteiger partial charge in [0.15, 0.2) is 0 Å². The maximum Gasteiger partial charge on any atom is 0.270 e. The van der Waals surface area contributed by atoms with Gasteiger partial charge in [0.05, 0.1) is 0 Å². The van der Waals surface area contributed by atoms with E-state index in [-0.39, 0.29) is 5.91 Å². The van der Waals surface area contributed by atoms with Gasteiger partial charge in [-0.25, -0.2) is 0 Å². The second-order valence-electron chi connectivity index (χ2n) is 5.07. The molecule has 0 bridgehead atoms. The minimum atomic E-state index is 0.142.